The van der Waals surface area contributed by atoms with Crippen molar-refractivity contribution >= 4 is 54.5 Å². The minimum absolute atomic E-state index is 0.574. The van der Waals surface area contributed by atoms with E-state index in [1.54, 1.807) is 0 Å². The highest BCUT2D eigenvalue weighted by Crippen LogP contribution is 2.31. The van der Waals surface area contributed by atoms with Gasteiger partial charge in [-0.2, -0.15) is 5.26 Å². The fraction of sp³-hybridized carbons (Fsp3) is 0.200. The Hall–Kier alpha value is -0.510. The second kappa shape index (κ2) is 6.28. The minimum Gasteiger partial charge on any atom is -0.271 e. The molecule has 0 aliphatic carbocycles. The molecule has 0 amide bonds. The van der Waals surface area contributed by atoms with Crippen LogP contribution in [0.2, 0.25) is 0 Å². The molecular weight excluding hydrogens is 354 g/mol. The predicted molar refractivity (Wildman–Crippen MR) is 75.9 cm³/mol. The van der Waals surface area contributed by atoms with Crippen molar-refractivity contribution in [3.63, 3.8) is 0 Å². The first-order chi connectivity index (χ1) is 7.58. The molecule has 0 fully saturated rings. The van der Waals surface area contributed by atoms with Gasteiger partial charge >= 0.3 is 0 Å². The summed E-state index contributed by atoms with van der Waals surface area (Å²) in [6.07, 6.45) is 3.72. The number of rotatable bonds is 1. The Morgan fingerprint density at radius 3 is 2.69 bits per heavy atom. The largest absolute Gasteiger partial charge is 0.271 e. The van der Waals surface area contributed by atoms with E-state index in [0.717, 1.165) is 20.2 Å². The van der Waals surface area contributed by atoms with Crippen molar-refractivity contribution in [3.05, 3.63) is 26.6 Å². The van der Waals surface area contributed by atoms with Gasteiger partial charge < -0.3 is 0 Å². The first-order valence-electron chi connectivity index (χ1n) is 4.32. The van der Waals surface area contributed by atoms with E-state index in [0.29, 0.717) is 5.17 Å². The predicted octanol–water partition coefficient (Wildman–Crippen LogP) is 3.94. The lowest BCUT2D eigenvalue weighted by Gasteiger charge is -2.05. The molecular formula is C10H9Br2N3S. The second-order valence-corrected chi connectivity index (χ2v) is 5.41. The molecule has 0 aliphatic heterocycles. The Morgan fingerprint density at radius 1 is 1.44 bits per heavy atom. The van der Waals surface area contributed by atoms with Gasteiger partial charge in [0.25, 0.3) is 0 Å². The van der Waals surface area contributed by atoms with Crippen LogP contribution in [0.1, 0.15) is 5.56 Å². The van der Waals surface area contributed by atoms with E-state index in [4.69, 9.17) is 5.26 Å². The third-order valence-corrected chi connectivity index (χ3v) is 3.88. The first-order valence-corrected chi connectivity index (χ1v) is 7.13. The van der Waals surface area contributed by atoms with E-state index >= 15 is 0 Å². The third-order valence-electron chi connectivity index (χ3n) is 1.81. The number of hydrogen-bond acceptors (Lipinski definition) is 3. The topological polar surface area (TPSA) is 48.2 Å². The highest BCUT2D eigenvalue weighted by molar-refractivity contribution is 9.11. The number of nitrogens with one attached hydrogen (secondary N) is 1. The number of nitrogens with zero attached hydrogens (tertiary/aromatic N) is 2. The average molecular weight is 363 g/mol. The summed E-state index contributed by atoms with van der Waals surface area (Å²) >= 11 is 8.27. The van der Waals surface area contributed by atoms with E-state index < -0.39 is 0 Å². The lowest BCUT2D eigenvalue weighted by molar-refractivity contribution is 1.27. The van der Waals surface area contributed by atoms with E-state index in [1.807, 2.05) is 31.5 Å². The van der Waals surface area contributed by atoms with E-state index in [1.165, 1.54) is 11.8 Å². The van der Waals surface area contributed by atoms with Crippen molar-refractivity contribution in [2.24, 2.45) is 4.99 Å². The molecule has 84 valence electrons. The molecule has 0 aliphatic rings. The maximum absolute atomic E-state index is 8.54. The Balaban J connectivity index is 3.14. The Bertz CT molecular complexity index is 466. The molecule has 0 unspecified atom stereocenters. The Kier molecular flexibility index (Phi) is 5.32. The number of aryl methyl sites for hydroxylation is 1. The van der Waals surface area contributed by atoms with Gasteiger partial charge in [0.05, 0.1) is 5.69 Å². The molecule has 3 nitrogen and oxygen atoms in total. The number of benzene rings is 1. The van der Waals surface area contributed by atoms with Gasteiger partial charge in [0.2, 0.25) is 0 Å². The fourth-order valence-corrected chi connectivity index (χ4v) is 2.43. The summed E-state index contributed by atoms with van der Waals surface area (Å²) in [4.78, 5) is 4.35. The van der Waals surface area contributed by atoms with Crippen molar-refractivity contribution in [2.75, 3.05) is 6.26 Å². The summed E-state index contributed by atoms with van der Waals surface area (Å²) in [6, 6.07) is 3.89. The van der Waals surface area contributed by atoms with Crippen molar-refractivity contribution in [3.8, 4) is 6.19 Å². The fourth-order valence-electron chi connectivity index (χ4n) is 1.01. The molecule has 0 saturated carbocycles. The molecule has 1 N–H and O–H groups in total. The smallest absolute Gasteiger partial charge is 0.183 e. The molecule has 0 spiro atoms. The Morgan fingerprint density at radius 2 is 2.12 bits per heavy atom. The molecule has 0 heterocycles. The van der Waals surface area contributed by atoms with Crippen LogP contribution in [0, 0.1) is 18.4 Å². The number of halogens is 2. The minimum atomic E-state index is 0.574. The zero-order chi connectivity index (χ0) is 12.1. The van der Waals surface area contributed by atoms with Crippen LogP contribution >= 0.6 is 43.6 Å². The number of nitriles is 1. The summed E-state index contributed by atoms with van der Waals surface area (Å²) in [6.45, 7) is 1.99. The van der Waals surface area contributed by atoms with Gasteiger partial charge in [-0.15, -0.1) is 0 Å². The standard InChI is InChI=1S/C10H9Br2N3S/c1-6-3-9(8(12)4-7(6)11)15-10(16-2)14-5-13/h3-4H,1-2H3,(H,14,15). The van der Waals surface area contributed by atoms with Crippen molar-refractivity contribution in [2.45, 2.75) is 6.92 Å². The molecule has 0 bridgehead atoms. The maximum atomic E-state index is 8.54. The molecule has 1 aromatic carbocycles. The molecule has 0 atom stereocenters. The zero-order valence-electron chi connectivity index (χ0n) is 8.71. The van der Waals surface area contributed by atoms with Crippen LogP contribution in [-0.2, 0) is 0 Å². The normalized spacial score (nSPS) is 11.1. The van der Waals surface area contributed by atoms with Crippen LogP contribution in [0.15, 0.2) is 26.1 Å². The van der Waals surface area contributed by atoms with Crippen LogP contribution in [-0.4, -0.2) is 11.4 Å². The highest BCUT2D eigenvalue weighted by Gasteiger charge is 2.04. The van der Waals surface area contributed by atoms with Crippen LogP contribution in [0.3, 0.4) is 0 Å². The summed E-state index contributed by atoms with van der Waals surface area (Å²) in [5.41, 5.74) is 1.90. The zero-order valence-corrected chi connectivity index (χ0v) is 12.7. The maximum Gasteiger partial charge on any atom is 0.183 e. The van der Waals surface area contributed by atoms with Gasteiger partial charge in [-0.3, -0.25) is 5.32 Å². The van der Waals surface area contributed by atoms with Gasteiger partial charge in [0.1, 0.15) is 0 Å². The van der Waals surface area contributed by atoms with Gasteiger partial charge in [-0.1, -0.05) is 27.7 Å². The quantitative estimate of drug-likeness (QED) is 0.356. The van der Waals surface area contributed by atoms with Crippen molar-refractivity contribution < 1.29 is 0 Å². The number of aliphatic imine (C=N–C) groups is 1. The van der Waals surface area contributed by atoms with Crippen LogP contribution in [0.4, 0.5) is 5.69 Å². The van der Waals surface area contributed by atoms with E-state index in [9.17, 15) is 0 Å². The van der Waals surface area contributed by atoms with Crippen molar-refractivity contribution in [1.29, 1.82) is 5.26 Å². The van der Waals surface area contributed by atoms with Gasteiger partial charge in [-0.05, 0) is 46.8 Å². The average Bonchev–Trinajstić information content (AvgIpc) is 2.25. The summed E-state index contributed by atoms with van der Waals surface area (Å²) in [5, 5.41) is 11.6. The van der Waals surface area contributed by atoms with Crippen LogP contribution < -0.4 is 5.32 Å². The molecule has 0 saturated heterocycles. The molecule has 1 aromatic rings. The molecule has 0 aromatic heterocycles. The summed E-state index contributed by atoms with van der Waals surface area (Å²) in [5.74, 6) is 0. The lowest BCUT2D eigenvalue weighted by atomic mass is 10.2. The first kappa shape index (κ1) is 13.6. The number of thioether (sulfide) groups is 1. The third kappa shape index (κ3) is 3.51. The second-order valence-electron chi connectivity index (χ2n) is 2.91. The number of amidine groups is 1. The van der Waals surface area contributed by atoms with Gasteiger partial charge in [0.15, 0.2) is 11.4 Å². The Labute approximate surface area is 116 Å². The summed E-state index contributed by atoms with van der Waals surface area (Å²) < 4.78 is 1.91. The highest BCUT2D eigenvalue weighted by atomic mass is 79.9. The summed E-state index contributed by atoms with van der Waals surface area (Å²) in [7, 11) is 0. The molecule has 6 heteroatoms. The SMILES string of the molecule is CSC(=Nc1cc(C)c(Br)cc1Br)NC#N. The van der Waals surface area contributed by atoms with E-state index in [-0.39, 0.29) is 0 Å². The van der Waals surface area contributed by atoms with E-state index in [2.05, 4.69) is 42.2 Å². The van der Waals surface area contributed by atoms with Gasteiger partial charge in [0, 0.05) is 8.95 Å². The van der Waals surface area contributed by atoms with Crippen LogP contribution in [0.5, 0.6) is 0 Å². The monoisotopic (exact) mass is 361 g/mol. The molecule has 16 heavy (non-hydrogen) atoms. The number of hydrogen-bond donors (Lipinski definition) is 1. The van der Waals surface area contributed by atoms with Crippen LogP contribution in [0.25, 0.3) is 0 Å². The van der Waals surface area contributed by atoms with Gasteiger partial charge in [-0.25, -0.2) is 4.99 Å². The molecule has 0 radical (unpaired) electrons. The lowest BCUT2D eigenvalue weighted by Crippen LogP contribution is -2.12. The van der Waals surface area contributed by atoms with Crippen molar-refractivity contribution in [1.82, 2.24) is 5.32 Å². The molecule has 1 rings (SSSR count).